The quantitative estimate of drug-likeness (QED) is 0.169. The van der Waals surface area contributed by atoms with E-state index in [1.807, 2.05) is 22.7 Å². The summed E-state index contributed by atoms with van der Waals surface area (Å²) in [6.07, 6.45) is 0. The van der Waals surface area contributed by atoms with Gasteiger partial charge in [0.1, 0.15) is 5.82 Å². The predicted octanol–water partition coefficient (Wildman–Crippen LogP) is 14.9. The van der Waals surface area contributed by atoms with E-state index >= 15 is 4.39 Å². The topological polar surface area (TPSA) is 0 Å². The summed E-state index contributed by atoms with van der Waals surface area (Å²) < 4.78 is 20.4. The largest absolute Gasteiger partial charge is 0.207 e. The zero-order valence-corrected chi connectivity index (χ0v) is 29.1. The third-order valence-corrected chi connectivity index (χ3v) is 12.2. The van der Waals surface area contributed by atoms with Crippen LogP contribution in [0.25, 0.3) is 96.0 Å². The van der Waals surface area contributed by atoms with Crippen molar-refractivity contribution in [1.82, 2.24) is 0 Å². The SMILES string of the molecule is Fc1cc(-c2ccc(-c3cccc(-c4ccc5c(c4)sc4ccccc45)c3)cc2)cc(-c2cccc(-c3ccc4c(c3)sc3ccccc34)c2)c1. The minimum absolute atomic E-state index is 0.244. The first-order chi connectivity index (χ1) is 25.1. The molecule has 0 aliphatic rings. The van der Waals surface area contributed by atoms with Crippen LogP contribution in [0.2, 0.25) is 0 Å². The van der Waals surface area contributed by atoms with Crippen molar-refractivity contribution < 1.29 is 4.39 Å². The minimum Gasteiger partial charge on any atom is -0.207 e. The molecular formula is C48H29FS2. The molecule has 0 amide bonds. The summed E-state index contributed by atoms with van der Waals surface area (Å²) in [6, 6.07) is 61.6. The highest BCUT2D eigenvalue weighted by Crippen LogP contribution is 2.39. The minimum atomic E-state index is -0.244. The fourth-order valence-corrected chi connectivity index (χ4v) is 9.64. The highest BCUT2D eigenvalue weighted by Gasteiger charge is 2.11. The van der Waals surface area contributed by atoms with Crippen LogP contribution in [-0.4, -0.2) is 0 Å². The molecule has 2 aromatic heterocycles. The summed E-state index contributed by atoms with van der Waals surface area (Å²) in [4.78, 5) is 0. The molecule has 2 heterocycles. The molecule has 0 nitrogen and oxygen atoms in total. The lowest BCUT2D eigenvalue weighted by atomic mass is 9.94. The van der Waals surface area contributed by atoms with Crippen molar-refractivity contribution in [3.63, 3.8) is 0 Å². The van der Waals surface area contributed by atoms with E-state index in [9.17, 15) is 0 Å². The summed E-state index contributed by atoms with van der Waals surface area (Å²) in [6.45, 7) is 0. The molecule has 8 aromatic carbocycles. The summed E-state index contributed by atoms with van der Waals surface area (Å²) in [5.41, 5.74) is 10.7. The van der Waals surface area contributed by atoms with Crippen LogP contribution in [0.1, 0.15) is 0 Å². The first-order valence-electron chi connectivity index (χ1n) is 17.1. The van der Waals surface area contributed by atoms with Gasteiger partial charge < -0.3 is 0 Å². The number of fused-ring (bicyclic) bond motifs is 6. The Morgan fingerprint density at radius 2 is 0.608 bits per heavy atom. The van der Waals surface area contributed by atoms with Crippen LogP contribution in [0.5, 0.6) is 0 Å². The highest BCUT2D eigenvalue weighted by atomic mass is 32.1. The Kier molecular flexibility index (Phi) is 7.16. The zero-order chi connectivity index (χ0) is 33.9. The van der Waals surface area contributed by atoms with Gasteiger partial charge in [0.05, 0.1) is 0 Å². The second-order valence-corrected chi connectivity index (χ2v) is 15.3. The van der Waals surface area contributed by atoms with Crippen molar-refractivity contribution in [3.05, 3.63) is 182 Å². The van der Waals surface area contributed by atoms with Crippen molar-refractivity contribution >= 4 is 63.0 Å². The van der Waals surface area contributed by atoms with Gasteiger partial charge in [-0.25, -0.2) is 4.39 Å². The fourth-order valence-electron chi connectivity index (χ4n) is 7.35. The maximum Gasteiger partial charge on any atom is 0.124 e. The molecule has 0 unspecified atom stereocenters. The van der Waals surface area contributed by atoms with Gasteiger partial charge in [-0.3, -0.25) is 0 Å². The average molecular weight is 689 g/mol. The van der Waals surface area contributed by atoms with Crippen molar-refractivity contribution in [1.29, 1.82) is 0 Å². The molecular weight excluding hydrogens is 660 g/mol. The van der Waals surface area contributed by atoms with Gasteiger partial charge >= 0.3 is 0 Å². The molecule has 10 rings (SSSR count). The summed E-state index contributed by atoms with van der Waals surface area (Å²) in [7, 11) is 0. The lowest BCUT2D eigenvalue weighted by Crippen LogP contribution is -1.87. The fraction of sp³-hybridized carbons (Fsp3) is 0. The van der Waals surface area contributed by atoms with Crippen LogP contribution in [-0.2, 0) is 0 Å². The van der Waals surface area contributed by atoms with Crippen LogP contribution in [0, 0.1) is 5.82 Å². The molecule has 0 fully saturated rings. The van der Waals surface area contributed by atoms with E-state index in [0.29, 0.717) is 0 Å². The van der Waals surface area contributed by atoms with Gasteiger partial charge in [0.25, 0.3) is 0 Å². The Hall–Kier alpha value is -5.87. The lowest BCUT2D eigenvalue weighted by molar-refractivity contribution is 0.629. The van der Waals surface area contributed by atoms with Crippen LogP contribution in [0.4, 0.5) is 4.39 Å². The van der Waals surface area contributed by atoms with Crippen LogP contribution >= 0.6 is 22.7 Å². The van der Waals surface area contributed by atoms with Gasteiger partial charge in [-0.1, -0.05) is 121 Å². The zero-order valence-electron chi connectivity index (χ0n) is 27.4. The molecule has 0 aliphatic heterocycles. The Balaban J connectivity index is 0.938. The molecule has 0 radical (unpaired) electrons. The van der Waals surface area contributed by atoms with E-state index in [4.69, 9.17) is 0 Å². The molecule has 51 heavy (non-hydrogen) atoms. The second kappa shape index (κ2) is 12.2. The Morgan fingerprint density at radius 1 is 0.255 bits per heavy atom. The van der Waals surface area contributed by atoms with Gasteiger partial charge in [0.2, 0.25) is 0 Å². The third kappa shape index (κ3) is 5.43. The van der Waals surface area contributed by atoms with Crippen LogP contribution in [0.15, 0.2) is 176 Å². The van der Waals surface area contributed by atoms with Gasteiger partial charge in [-0.2, -0.15) is 0 Å². The number of thiophene rings is 2. The molecule has 0 saturated carbocycles. The number of hydrogen-bond donors (Lipinski definition) is 0. The normalized spacial score (nSPS) is 11.6. The standard InChI is InChI=1S/C48H29FS2/c49-40-26-38(25-39(27-40)35-10-6-9-34(24-35)37-20-22-44-42-12-2-4-14-46(42)51-48(44)29-37)31-17-15-30(16-18-31)32-7-5-8-33(23-32)36-19-21-43-41-11-1-3-13-45(41)50-47(43)28-36/h1-29H. The van der Waals surface area contributed by atoms with Crippen molar-refractivity contribution in [2.24, 2.45) is 0 Å². The molecule has 3 heteroatoms. The van der Waals surface area contributed by atoms with Crippen molar-refractivity contribution in [2.75, 3.05) is 0 Å². The van der Waals surface area contributed by atoms with Gasteiger partial charge in [-0.05, 0) is 110 Å². The maximum absolute atomic E-state index is 15.2. The Morgan fingerprint density at radius 3 is 1.14 bits per heavy atom. The predicted molar refractivity (Wildman–Crippen MR) is 219 cm³/mol. The summed E-state index contributed by atoms with van der Waals surface area (Å²) in [5, 5.41) is 5.21. The molecule has 0 spiro atoms. The average Bonchev–Trinajstić information content (AvgIpc) is 3.75. The number of hydrogen-bond acceptors (Lipinski definition) is 2. The third-order valence-electron chi connectivity index (χ3n) is 9.93. The molecule has 10 aromatic rings. The number of halogens is 1. The van der Waals surface area contributed by atoms with E-state index in [1.165, 1.54) is 51.5 Å². The Bertz CT molecular complexity index is 2930. The molecule has 0 aliphatic carbocycles. The number of rotatable bonds is 5. The first-order valence-corrected chi connectivity index (χ1v) is 18.7. The smallest absolute Gasteiger partial charge is 0.124 e. The molecule has 0 N–H and O–H groups in total. The summed E-state index contributed by atoms with van der Waals surface area (Å²) in [5.74, 6) is -0.244. The monoisotopic (exact) mass is 688 g/mol. The van der Waals surface area contributed by atoms with E-state index in [0.717, 1.165) is 44.5 Å². The second-order valence-electron chi connectivity index (χ2n) is 13.1. The maximum atomic E-state index is 15.2. The Labute approximate surface area is 303 Å². The van der Waals surface area contributed by atoms with Gasteiger partial charge in [0.15, 0.2) is 0 Å². The highest BCUT2D eigenvalue weighted by molar-refractivity contribution is 7.26. The lowest BCUT2D eigenvalue weighted by Gasteiger charge is -2.11. The van der Waals surface area contributed by atoms with E-state index in [2.05, 4.69) is 164 Å². The van der Waals surface area contributed by atoms with Crippen LogP contribution < -0.4 is 0 Å². The molecule has 0 bridgehead atoms. The van der Waals surface area contributed by atoms with Crippen molar-refractivity contribution in [2.45, 2.75) is 0 Å². The van der Waals surface area contributed by atoms with E-state index in [-0.39, 0.29) is 5.82 Å². The summed E-state index contributed by atoms with van der Waals surface area (Å²) >= 11 is 3.67. The van der Waals surface area contributed by atoms with Crippen LogP contribution in [0.3, 0.4) is 0 Å². The molecule has 240 valence electrons. The van der Waals surface area contributed by atoms with E-state index in [1.54, 1.807) is 12.1 Å². The first kappa shape index (κ1) is 30.0. The number of benzene rings is 8. The molecule has 0 saturated heterocycles. The molecule has 0 atom stereocenters. The van der Waals surface area contributed by atoms with Gasteiger partial charge in [0, 0.05) is 40.3 Å². The van der Waals surface area contributed by atoms with Gasteiger partial charge in [-0.15, -0.1) is 22.7 Å². The van der Waals surface area contributed by atoms with Crippen molar-refractivity contribution in [3.8, 4) is 55.6 Å². The van der Waals surface area contributed by atoms with E-state index < -0.39 is 0 Å².